The summed E-state index contributed by atoms with van der Waals surface area (Å²) in [5.41, 5.74) is -0.295. The zero-order valence-corrected chi connectivity index (χ0v) is 5.47. The van der Waals surface area contributed by atoms with E-state index in [4.69, 9.17) is 4.74 Å². The molecule has 2 heteroatoms. The highest BCUT2D eigenvalue weighted by molar-refractivity contribution is 5.03. The zero-order chi connectivity index (χ0) is 6.32. The van der Waals surface area contributed by atoms with E-state index >= 15 is 0 Å². The number of hydrogen-bond acceptors (Lipinski definition) is 2. The quantitative estimate of drug-likeness (QED) is 0.516. The van der Waals surface area contributed by atoms with Gasteiger partial charge < -0.3 is 9.84 Å². The molecule has 0 aromatic rings. The zero-order valence-electron chi connectivity index (χ0n) is 5.47. The number of aliphatic hydroxyl groups is 1. The molecule has 2 atom stereocenters. The van der Waals surface area contributed by atoms with Gasteiger partial charge in [0.15, 0.2) is 0 Å². The minimum atomic E-state index is -0.295. The molecule has 0 amide bonds. The van der Waals surface area contributed by atoms with Gasteiger partial charge in [0, 0.05) is 13.2 Å². The summed E-state index contributed by atoms with van der Waals surface area (Å²) in [6, 6.07) is 0. The first-order valence-electron chi connectivity index (χ1n) is 3.61. The maximum atomic E-state index is 9.55. The van der Waals surface area contributed by atoms with Gasteiger partial charge in [0.1, 0.15) is 0 Å². The van der Waals surface area contributed by atoms with E-state index in [0.717, 1.165) is 32.5 Å². The molecule has 1 N–H and O–H groups in total. The Kier molecular flexibility index (Phi) is 1.08. The van der Waals surface area contributed by atoms with E-state index in [9.17, 15) is 5.11 Å². The third kappa shape index (κ3) is 0.864. The molecule has 2 aliphatic rings. The first kappa shape index (κ1) is 5.69. The van der Waals surface area contributed by atoms with Gasteiger partial charge in [-0.3, -0.25) is 0 Å². The number of ether oxygens (including phenoxy) is 1. The lowest BCUT2D eigenvalue weighted by atomic mass is 10.2. The van der Waals surface area contributed by atoms with Crippen molar-refractivity contribution in [2.24, 2.45) is 5.92 Å². The summed E-state index contributed by atoms with van der Waals surface area (Å²) in [5.74, 6) is 0.569. The molecule has 1 aliphatic heterocycles. The second kappa shape index (κ2) is 1.70. The summed E-state index contributed by atoms with van der Waals surface area (Å²) in [6.07, 6.45) is 2.95. The molecule has 9 heavy (non-hydrogen) atoms. The monoisotopic (exact) mass is 128 g/mol. The highest BCUT2D eigenvalue weighted by atomic mass is 16.5. The summed E-state index contributed by atoms with van der Waals surface area (Å²) in [5, 5.41) is 9.55. The van der Waals surface area contributed by atoms with Crippen LogP contribution in [0.5, 0.6) is 0 Å². The fraction of sp³-hybridized carbons (Fsp3) is 1.00. The van der Waals surface area contributed by atoms with Gasteiger partial charge >= 0.3 is 0 Å². The van der Waals surface area contributed by atoms with Gasteiger partial charge in [0.2, 0.25) is 0 Å². The van der Waals surface area contributed by atoms with Gasteiger partial charge in [0.05, 0.1) is 5.60 Å². The van der Waals surface area contributed by atoms with Crippen LogP contribution in [0.15, 0.2) is 0 Å². The Morgan fingerprint density at radius 1 is 1.44 bits per heavy atom. The molecule has 1 aliphatic carbocycles. The maximum absolute atomic E-state index is 9.55. The molecule has 1 saturated carbocycles. The van der Waals surface area contributed by atoms with E-state index in [2.05, 4.69) is 0 Å². The van der Waals surface area contributed by atoms with Crippen LogP contribution in [0.1, 0.15) is 19.3 Å². The topological polar surface area (TPSA) is 29.5 Å². The maximum Gasteiger partial charge on any atom is 0.0703 e. The van der Waals surface area contributed by atoms with E-state index in [1.54, 1.807) is 0 Å². The highest BCUT2D eigenvalue weighted by Crippen LogP contribution is 2.49. The number of rotatable bonds is 0. The van der Waals surface area contributed by atoms with Crippen molar-refractivity contribution in [3.63, 3.8) is 0 Å². The van der Waals surface area contributed by atoms with Crippen LogP contribution in [0.4, 0.5) is 0 Å². The lowest BCUT2D eigenvalue weighted by molar-refractivity contribution is 0.0893. The summed E-state index contributed by atoms with van der Waals surface area (Å²) in [6.45, 7) is 1.61. The Hall–Kier alpha value is -0.0800. The van der Waals surface area contributed by atoms with E-state index in [1.807, 2.05) is 0 Å². The third-order valence-corrected chi connectivity index (χ3v) is 2.49. The van der Waals surface area contributed by atoms with Crippen LogP contribution >= 0.6 is 0 Å². The Bertz CT molecular complexity index is 124. The van der Waals surface area contributed by atoms with Crippen LogP contribution in [-0.2, 0) is 4.74 Å². The van der Waals surface area contributed by atoms with Gasteiger partial charge in [-0.25, -0.2) is 0 Å². The van der Waals surface area contributed by atoms with Gasteiger partial charge in [0.25, 0.3) is 0 Å². The molecule has 52 valence electrons. The van der Waals surface area contributed by atoms with Crippen molar-refractivity contribution >= 4 is 0 Å². The van der Waals surface area contributed by atoms with Crippen LogP contribution < -0.4 is 0 Å². The van der Waals surface area contributed by atoms with Crippen LogP contribution in [0.3, 0.4) is 0 Å². The molecule has 0 bridgehead atoms. The first-order chi connectivity index (χ1) is 4.31. The molecule has 1 heterocycles. The fourth-order valence-electron chi connectivity index (χ4n) is 1.62. The molecule has 0 radical (unpaired) electrons. The minimum Gasteiger partial charge on any atom is -0.389 e. The van der Waals surface area contributed by atoms with Crippen molar-refractivity contribution in [3.05, 3.63) is 0 Å². The summed E-state index contributed by atoms with van der Waals surface area (Å²) >= 11 is 0. The van der Waals surface area contributed by atoms with Crippen LogP contribution in [0.25, 0.3) is 0 Å². The fourth-order valence-corrected chi connectivity index (χ4v) is 1.62. The SMILES string of the molecule is O[C@]12CCOCC[C@H]1C2. The highest BCUT2D eigenvalue weighted by Gasteiger charge is 2.52. The Morgan fingerprint density at radius 3 is 3.22 bits per heavy atom. The van der Waals surface area contributed by atoms with Crippen LogP contribution in [0, 0.1) is 5.92 Å². The molecular weight excluding hydrogens is 116 g/mol. The average Bonchev–Trinajstić information content (AvgIpc) is 2.40. The van der Waals surface area contributed by atoms with Crippen molar-refractivity contribution in [1.29, 1.82) is 0 Å². The van der Waals surface area contributed by atoms with E-state index in [0.29, 0.717) is 5.92 Å². The van der Waals surface area contributed by atoms with Crippen molar-refractivity contribution < 1.29 is 9.84 Å². The summed E-state index contributed by atoms with van der Waals surface area (Å²) in [7, 11) is 0. The molecule has 2 fully saturated rings. The van der Waals surface area contributed by atoms with Gasteiger partial charge in [-0.1, -0.05) is 0 Å². The normalized spacial score (nSPS) is 49.7. The molecule has 0 aromatic heterocycles. The van der Waals surface area contributed by atoms with Crippen molar-refractivity contribution in [2.45, 2.75) is 24.9 Å². The van der Waals surface area contributed by atoms with Gasteiger partial charge in [-0.2, -0.15) is 0 Å². The van der Waals surface area contributed by atoms with E-state index < -0.39 is 0 Å². The Balaban J connectivity index is 2.00. The Labute approximate surface area is 54.8 Å². The standard InChI is InChI=1S/C7H12O2/c8-7-2-4-9-3-1-6(7)5-7/h6,8H,1-5H2/t6-,7-/m0/s1. The molecule has 1 saturated heterocycles. The van der Waals surface area contributed by atoms with Crippen LogP contribution in [0.2, 0.25) is 0 Å². The summed E-state index contributed by atoms with van der Waals surface area (Å²) in [4.78, 5) is 0. The van der Waals surface area contributed by atoms with E-state index in [-0.39, 0.29) is 5.60 Å². The van der Waals surface area contributed by atoms with Crippen molar-refractivity contribution in [2.75, 3.05) is 13.2 Å². The Morgan fingerprint density at radius 2 is 2.33 bits per heavy atom. The second-order valence-corrected chi connectivity index (χ2v) is 3.16. The average molecular weight is 128 g/mol. The molecule has 2 rings (SSSR count). The molecular formula is C7H12O2. The lowest BCUT2D eigenvalue weighted by Gasteiger charge is -2.03. The molecule has 0 spiro atoms. The van der Waals surface area contributed by atoms with Crippen molar-refractivity contribution in [3.8, 4) is 0 Å². The molecule has 2 nitrogen and oxygen atoms in total. The lowest BCUT2D eigenvalue weighted by Crippen LogP contribution is -2.10. The smallest absolute Gasteiger partial charge is 0.0703 e. The predicted molar refractivity (Wildman–Crippen MR) is 33.1 cm³/mol. The number of hydrogen-bond donors (Lipinski definition) is 1. The first-order valence-corrected chi connectivity index (χ1v) is 3.61. The summed E-state index contributed by atoms with van der Waals surface area (Å²) < 4.78 is 5.20. The van der Waals surface area contributed by atoms with Crippen molar-refractivity contribution in [1.82, 2.24) is 0 Å². The van der Waals surface area contributed by atoms with Gasteiger partial charge in [-0.05, 0) is 25.2 Å². The largest absolute Gasteiger partial charge is 0.389 e. The van der Waals surface area contributed by atoms with E-state index in [1.165, 1.54) is 0 Å². The predicted octanol–water partition coefficient (Wildman–Crippen LogP) is 0.548. The minimum absolute atomic E-state index is 0.295. The van der Waals surface area contributed by atoms with Gasteiger partial charge in [-0.15, -0.1) is 0 Å². The van der Waals surface area contributed by atoms with Crippen LogP contribution in [-0.4, -0.2) is 23.9 Å². The molecule has 0 unspecified atom stereocenters. The number of fused-ring (bicyclic) bond motifs is 1. The third-order valence-electron chi connectivity index (χ3n) is 2.49. The molecule has 0 aromatic carbocycles. The second-order valence-electron chi connectivity index (χ2n) is 3.16.